The smallest absolute Gasteiger partial charge is 0.340 e. The normalized spacial score (nSPS) is 13.9. The first kappa shape index (κ1) is 40.1. The predicted octanol–water partition coefficient (Wildman–Crippen LogP) is 8.70. The zero-order valence-corrected chi connectivity index (χ0v) is 34.6. The molecular weight excluding hydrogens is 733 g/mol. The molecule has 0 radical (unpaired) electrons. The highest BCUT2D eigenvalue weighted by Gasteiger charge is 2.54. The van der Waals surface area contributed by atoms with Crippen LogP contribution in [0.1, 0.15) is 91.4 Å². The van der Waals surface area contributed by atoms with Gasteiger partial charge in [-0.3, -0.25) is 24.5 Å². The van der Waals surface area contributed by atoms with E-state index in [9.17, 15) is 14.4 Å². The Labute approximate surface area is 339 Å². The van der Waals surface area contributed by atoms with Gasteiger partial charge in [0.05, 0.1) is 27.8 Å². The van der Waals surface area contributed by atoms with Crippen molar-refractivity contribution in [2.24, 2.45) is 10.8 Å². The first-order chi connectivity index (χ1) is 27.4. The molecule has 0 atom stereocenters. The minimum absolute atomic E-state index is 0.275. The van der Waals surface area contributed by atoms with Gasteiger partial charge in [0.1, 0.15) is 23.0 Å². The van der Waals surface area contributed by atoms with Crippen LogP contribution in [0.3, 0.4) is 0 Å². The van der Waals surface area contributed by atoms with Crippen LogP contribution in [0.4, 0.5) is 5.69 Å². The Morgan fingerprint density at radius 1 is 0.672 bits per heavy atom. The molecule has 0 fully saturated rings. The number of rotatable bonds is 10. The Kier molecular flexibility index (Phi) is 10.6. The van der Waals surface area contributed by atoms with Crippen LogP contribution >= 0.6 is 0 Å². The number of carbonyl (C=O) groups excluding carboxylic acids is 3. The van der Waals surface area contributed by atoms with Crippen molar-refractivity contribution in [2.75, 3.05) is 25.0 Å². The maximum absolute atomic E-state index is 13.9. The molecule has 0 bridgehead atoms. The maximum atomic E-state index is 13.9. The van der Waals surface area contributed by atoms with Gasteiger partial charge in [0.15, 0.2) is 5.60 Å². The molecule has 0 unspecified atom stereocenters. The van der Waals surface area contributed by atoms with Crippen LogP contribution in [-0.4, -0.2) is 52.9 Å². The van der Waals surface area contributed by atoms with Gasteiger partial charge >= 0.3 is 17.9 Å². The molecule has 3 aromatic carbocycles. The number of pyridine rings is 2. The van der Waals surface area contributed by atoms with Gasteiger partial charge in [-0.25, -0.2) is 4.79 Å². The molecule has 2 aliphatic heterocycles. The van der Waals surface area contributed by atoms with E-state index in [1.165, 1.54) is 0 Å². The molecule has 2 aliphatic rings. The van der Waals surface area contributed by atoms with Crippen molar-refractivity contribution >= 4 is 23.6 Å². The van der Waals surface area contributed by atoms with Crippen molar-refractivity contribution in [3.63, 3.8) is 0 Å². The molecule has 0 saturated carbocycles. The van der Waals surface area contributed by atoms with Gasteiger partial charge < -0.3 is 23.8 Å². The summed E-state index contributed by atoms with van der Waals surface area (Å²) in [6.07, 6.45) is 0. The van der Waals surface area contributed by atoms with Gasteiger partial charge in [-0.2, -0.15) is 0 Å². The number of esters is 3. The van der Waals surface area contributed by atoms with E-state index < -0.39 is 34.3 Å². The molecule has 300 valence electrons. The lowest BCUT2D eigenvalue weighted by Gasteiger charge is -2.37. The SMILES string of the molecule is Cc1cccc(CN(CCN(C)c2ccc3c(c2)C2(OC3=O)c3ccc(OC(=O)C(C)(C)C)cc3Oc3cc(OC(=O)C(C)(C)C)ccc32)Cc2cccc(C)n2)n1. The number of hydrogen-bond donors (Lipinski definition) is 0. The predicted molar refractivity (Wildman–Crippen MR) is 220 cm³/mol. The minimum Gasteiger partial charge on any atom is -0.456 e. The second-order valence-electron chi connectivity index (χ2n) is 17.2. The lowest BCUT2D eigenvalue weighted by Crippen LogP contribution is -2.34. The molecule has 7 rings (SSSR count). The summed E-state index contributed by atoms with van der Waals surface area (Å²) in [5.41, 5.74) is 4.02. The molecule has 0 aliphatic carbocycles. The third-order valence-corrected chi connectivity index (χ3v) is 10.2. The highest BCUT2D eigenvalue weighted by atomic mass is 16.6. The van der Waals surface area contributed by atoms with E-state index in [0.29, 0.717) is 59.9 Å². The van der Waals surface area contributed by atoms with Crippen LogP contribution in [0.5, 0.6) is 23.0 Å². The molecule has 11 nitrogen and oxygen atoms in total. The number of aromatic nitrogens is 2. The average Bonchev–Trinajstić information content (AvgIpc) is 3.44. The summed E-state index contributed by atoms with van der Waals surface area (Å²) < 4.78 is 24.5. The number of fused-ring (bicyclic) bond motifs is 6. The fourth-order valence-electron chi connectivity index (χ4n) is 7.02. The van der Waals surface area contributed by atoms with Gasteiger partial charge in [-0.1, -0.05) is 12.1 Å². The summed E-state index contributed by atoms with van der Waals surface area (Å²) in [5, 5.41) is 0. The van der Waals surface area contributed by atoms with Crippen LogP contribution in [0, 0.1) is 24.7 Å². The fraction of sp³-hybridized carbons (Fsp3) is 0.340. The average molecular weight is 783 g/mol. The highest BCUT2D eigenvalue weighted by Crippen LogP contribution is 2.57. The van der Waals surface area contributed by atoms with E-state index >= 15 is 0 Å². The first-order valence-corrected chi connectivity index (χ1v) is 19.5. The Morgan fingerprint density at radius 3 is 1.67 bits per heavy atom. The summed E-state index contributed by atoms with van der Waals surface area (Å²) >= 11 is 0. The summed E-state index contributed by atoms with van der Waals surface area (Å²) in [6, 6.07) is 28.0. The molecule has 58 heavy (non-hydrogen) atoms. The van der Waals surface area contributed by atoms with Gasteiger partial charge in [0, 0.05) is 79.1 Å². The molecule has 11 heteroatoms. The van der Waals surface area contributed by atoms with Crippen molar-refractivity contribution in [1.82, 2.24) is 14.9 Å². The lowest BCUT2D eigenvalue weighted by molar-refractivity contribution is -0.143. The van der Waals surface area contributed by atoms with Crippen molar-refractivity contribution in [2.45, 2.75) is 74.1 Å². The highest BCUT2D eigenvalue weighted by molar-refractivity contribution is 5.97. The molecule has 1 spiro atoms. The summed E-state index contributed by atoms with van der Waals surface area (Å²) in [6.45, 7) is 17.3. The number of hydrogen-bond acceptors (Lipinski definition) is 11. The molecule has 0 N–H and O–H groups in total. The van der Waals surface area contributed by atoms with E-state index in [0.717, 1.165) is 28.5 Å². The van der Waals surface area contributed by atoms with Crippen LogP contribution in [0.15, 0.2) is 91.0 Å². The molecular formula is C47H50N4O7. The zero-order chi connectivity index (χ0) is 41.6. The van der Waals surface area contributed by atoms with Crippen LogP contribution < -0.4 is 19.1 Å². The van der Waals surface area contributed by atoms with Gasteiger partial charge in [-0.05, 0) is 122 Å². The summed E-state index contributed by atoms with van der Waals surface area (Å²) in [5.74, 6) is -0.107. The lowest BCUT2D eigenvalue weighted by atomic mass is 9.77. The number of nitrogens with zero attached hydrogens (tertiary/aromatic N) is 4. The van der Waals surface area contributed by atoms with E-state index in [1.807, 2.05) is 69.4 Å². The Morgan fingerprint density at radius 2 is 1.19 bits per heavy atom. The molecule has 5 aromatic rings. The molecule has 0 saturated heterocycles. The zero-order valence-electron chi connectivity index (χ0n) is 34.6. The quantitative estimate of drug-likeness (QED) is 0.1000. The Balaban J connectivity index is 1.25. The van der Waals surface area contributed by atoms with E-state index in [2.05, 4.69) is 9.80 Å². The van der Waals surface area contributed by atoms with Crippen LogP contribution in [-0.2, 0) is 33.0 Å². The number of benzene rings is 3. The van der Waals surface area contributed by atoms with E-state index in [-0.39, 0.29) is 11.5 Å². The number of aryl methyl sites for hydroxylation is 2. The third-order valence-electron chi connectivity index (χ3n) is 10.2. The summed E-state index contributed by atoms with van der Waals surface area (Å²) in [4.78, 5) is 53.7. The largest absolute Gasteiger partial charge is 0.456 e. The second-order valence-corrected chi connectivity index (χ2v) is 17.2. The van der Waals surface area contributed by atoms with Gasteiger partial charge in [-0.15, -0.1) is 0 Å². The van der Waals surface area contributed by atoms with Crippen molar-refractivity contribution in [3.05, 3.63) is 136 Å². The van der Waals surface area contributed by atoms with Crippen LogP contribution in [0.2, 0.25) is 0 Å². The van der Waals surface area contributed by atoms with Gasteiger partial charge in [0.25, 0.3) is 0 Å². The van der Waals surface area contributed by atoms with Crippen molar-refractivity contribution < 1.29 is 33.3 Å². The van der Waals surface area contributed by atoms with E-state index in [4.69, 9.17) is 28.9 Å². The number of ether oxygens (including phenoxy) is 4. The second kappa shape index (κ2) is 15.4. The van der Waals surface area contributed by atoms with Crippen LogP contribution in [0.25, 0.3) is 0 Å². The number of anilines is 1. The van der Waals surface area contributed by atoms with Crippen molar-refractivity contribution in [3.8, 4) is 23.0 Å². The first-order valence-electron chi connectivity index (χ1n) is 19.5. The number of carbonyl (C=O) groups is 3. The summed E-state index contributed by atoms with van der Waals surface area (Å²) in [7, 11) is 2.03. The molecule has 2 aromatic heterocycles. The molecule has 4 heterocycles. The standard InChI is InChI=1S/C47H50N4O7/c1-29-12-10-14-31(48-29)27-51(28-32-15-11-13-30(2)49-32)23-22-50(9)33-16-19-36-39(24-33)47(58-42(36)52)37-20-17-34(55-43(53)45(3,4)5)25-40(37)57-41-26-35(18-21-38(41)47)56-44(54)46(6,7)8/h10-21,24-26H,22-23,27-28H2,1-9H3. The monoisotopic (exact) mass is 782 g/mol. The Hall–Kier alpha value is -6.07. The third kappa shape index (κ3) is 8.17. The van der Waals surface area contributed by atoms with Crippen molar-refractivity contribution in [1.29, 1.82) is 0 Å². The fourth-order valence-corrected chi connectivity index (χ4v) is 7.02. The Bertz CT molecular complexity index is 2290. The maximum Gasteiger partial charge on any atom is 0.340 e. The number of likely N-dealkylation sites (N-methyl/N-ethyl adjacent to an activating group) is 1. The van der Waals surface area contributed by atoms with E-state index in [1.54, 1.807) is 84.0 Å². The molecule has 0 amide bonds. The topological polar surface area (TPSA) is 120 Å². The minimum atomic E-state index is -1.43. The van der Waals surface area contributed by atoms with Gasteiger partial charge in [0.2, 0.25) is 0 Å².